The predicted molar refractivity (Wildman–Crippen MR) is 54.0 cm³/mol. The van der Waals surface area contributed by atoms with Crippen LogP contribution in [-0.2, 0) is 16.9 Å². The molecule has 0 unspecified atom stereocenters. The average Bonchev–Trinajstić information content (AvgIpc) is 2.86. The van der Waals surface area contributed by atoms with Crippen LogP contribution in [0.1, 0.15) is 5.56 Å². The summed E-state index contributed by atoms with van der Waals surface area (Å²) < 4.78 is 33.4. The van der Waals surface area contributed by atoms with Gasteiger partial charge in [-0.25, -0.2) is 18.4 Å². The summed E-state index contributed by atoms with van der Waals surface area (Å²) >= 11 is 0. The Morgan fingerprint density at radius 3 is 2.82 bits per heavy atom. The maximum atomic E-state index is 13.6. The van der Waals surface area contributed by atoms with E-state index in [0.29, 0.717) is 18.7 Å². The Morgan fingerprint density at radius 1 is 1.41 bits per heavy atom. The van der Waals surface area contributed by atoms with Gasteiger partial charge in [0.1, 0.15) is 29.9 Å². The van der Waals surface area contributed by atoms with E-state index in [9.17, 15) is 8.78 Å². The molecule has 1 saturated heterocycles. The molecule has 2 aromatic rings. The number of hydrogen-bond acceptors (Lipinski definition) is 3. The molecule has 0 aliphatic carbocycles. The molecule has 17 heavy (non-hydrogen) atoms. The zero-order chi connectivity index (χ0) is 11.9. The lowest BCUT2D eigenvalue weighted by Crippen LogP contribution is -2.19. The van der Waals surface area contributed by atoms with Gasteiger partial charge in [0.15, 0.2) is 0 Å². The Kier molecular flexibility index (Phi) is 2.19. The van der Waals surface area contributed by atoms with Gasteiger partial charge in [0.2, 0.25) is 0 Å². The van der Waals surface area contributed by atoms with Crippen LogP contribution in [0.15, 0.2) is 30.9 Å². The van der Waals surface area contributed by atoms with Crippen molar-refractivity contribution in [3.8, 4) is 0 Å². The van der Waals surface area contributed by atoms with Gasteiger partial charge in [-0.1, -0.05) is 6.07 Å². The van der Waals surface area contributed by atoms with Crippen LogP contribution in [0.25, 0.3) is 0 Å². The molecular formula is C11H9F2N3O. The molecule has 0 saturated carbocycles. The summed E-state index contributed by atoms with van der Waals surface area (Å²) in [6.45, 7) is 0.769. The smallest absolute Gasteiger partial charge is 0.139 e. The maximum Gasteiger partial charge on any atom is 0.139 e. The highest BCUT2D eigenvalue weighted by molar-refractivity contribution is 5.28. The van der Waals surface area contributed by atoms with Gasteiger partial charge in [0, 0.05) is 11.6 Å². The molecule has 1 aliphatic heterocycles. The van der Waals surface area contributed by atoms with Crippen LogP contribution >= 0.6 is 0 Å². The molecule has 0 spiro atoms. The maximum absolute atomic E-state index is 13.6. The standard InChI is InChI=1S/C11H9F2N3O/c12-8-1-2-9(10(13)3-8)11(5-17-11)4-16-7-14-6-15-16/h1-3,6-7H,4-5H2/t11-/m0/s1. The zero-order valence-electron chi connectivity index (χ0n) is 8.81. The Labute approximate surface area is 95.8 Å². The minimum absolute atomic E-state index is 0.356. The summed E-state index contributed by atoms with van der Waals surface area (Å²) in [5.41, 5.74) is -0.375. The van der Waals surface area contributed by atoms with Crippen molar-refractivity contribution >= 4 is 0 Å². The van der Waals surface area contributed by atoms with Crippen molar-refractivity contribution in [3.63, 3.8) is 0 Å². The summed E-state index contributed by atoms with van der Waals surface area (Å²) in [5.74, 6) is -1.19. The van der Waals surface area contributed by atoms with Crippen LogP contribution in [0.4, 0.5) is 8.78 Å². The third-order valence-electron chi connectivity index (χ3n) is 2.80. The van der Waals surface area contributed by atoms with Crippen LogP contribution < -0.4 is 0 Å². The van der Waals surface area contributed by atoms with E-state index in [0.717, 1.165) is 6.07 Å². The molecule has 0 amide bonds. The molecule has 1 aliphatic rings. The van der Waals surface area contributed by atoms with E-state index in [2.05, 4.69) is 10.1 Å². The topological polar surface area (TPSA) is 43.2 Å². The van der Waals surface area contributed by atoms with Crippen molar-refractivity contribution in [2.45, 2.75) is 12.1 Å². The van der Waals surface area contributed by atoms with Crippen LogP contribution in [0.3, 0.4) is 0 Å². The summed E-state index contributed by atoms with van der Waals surface area (Å²) in [6, 6.07) is 3.50. The minimum Gasteiger partial charge on any atom is -0.362 e. The SMILES string of the molecule is Fc1ccc([C@]2(Cn3cncn3)CO2)c(F)c1. The first kappa shape index (κ1) is 10.3. The first-order valence-electron chi connectivity index (χ1n) is 5.11. The number of benzene rings is 1. The third-order valence-corrected chi connectivity index (χ3v) is 2.80. The number of nitrogens with zero attached hydrogens (tertiary/aromatic N) is 3. The lowest BCUT2D eigenvalue weighted by atomic mass is 9.99. The Bertz CT molecular complexity index is 538. The van der Waals surface area contributed by atoms with Gasteiger partial charge in [-0.15, -0.1) is 0 Å². The van der Waals surface area contributed by atoms with Crippen molar-refractivity contribution < 1.29 is 13.5 Å². The molecule has 4 nitrogen and oxygen atoms in total. The van der Waals surface area contributed by atoms with Gasteiger partial charge in [-0.05, 0) is 6.07 Å². The van der Waals surface area contributed by atoms with Crippen molar-refractivity contribution in [1.82, 2.24) is 14.8 Å². The molecule has 0 N–H and O–H groups in total. The van der Waals surface area contributed by atoms with Crippen LogP contribution in [0, 0.1) is 11.6 Å². The number of halogens is 2. The third kappa shape index (κ3) is 1.80. The lowest BCUT2D eigenvalue weighted by molar-refractivity contribution is 0.262. The summed E-state index contributed by atoms with van der Waals surface area (Å²) in [5, 5.41) is 3.94. The second-order valence-electron chi connectivity index (χ2n) is 4.00. The molecule has 1 aromatic heterocycles. The quantitative estimate of drug-likeness (QED) is 0.759. The van der Waals surface area contributed by atoms with Crippen LogP contribution in [-0.4, -0.2) is 21.4 Å². The normalized spacial score (nSPS) is 22.7. The second-order valence-corrected chi connectivity index (χ2v) is 4.00. The van der Waals surface area contributed by atoms with Gasteiger partial charge < -0.3 is 4.74 Å². The molecular weight excluding hydrogens is 228 g/mol. The van der Waals surface area contributed by atoms with Gasteiger partial charge in [0.25, 0.3) is 0 Å². The summed E-state index contributed by atoms with van der Waals surface area (Å²) in [6.07, 6.45) is 2.93. The highest BCUT2D eigenvalue weighted by atomic mass is 19.1. The van der Waals surface area contributed by atoms with Gasteiger partial charge in [-0.3, -0.25) is 0 Å². The zero-order valence-corrected chi connectivity index (χ0v) is 8.81. The average molecular weight is 237 g/mol. The number of ether oxygens (including phenoxy) is 1. The van der Waals surface area contributed by atoms with E-state index in [-0.39, 0.29) is 0 Å². The summed E-state index contributed by atoms with van der Waals surface area (Å²) in [7, 11) is 0. The van der Waals surface area contributed by atoms with Crippen molar-refractivity contribution in [2.75, 3.05) is 6.61 Å². The number of epoxide rings is 1. The van der Waals surface area contributed by atoms with E-state index in [1.165, 1.54) is 24.8 Å². The molecule has 1 fully saturated rings. The fourth-order valence-electron chi connectivity index (χ4n) is 1.85. The predicted octanol–water partition coefficient (Wildman–Crippen LogP) is 1.48. The van der Waals surface area contributed by atoms with Gasteiger partial charge >= 0.3 is 0 Å². The fraction of sp³-hybridized carbons (Fsp3) is 0.273. The highest BCUT2D eigenvalue weighted by Gasteiger charge is 2.49. The lowest BCUT2D eigenvalue weighted by Gasteiger charge is -2.12. The first-order chi connectivity index (χ1) is 8.20. The highest BCUT2D eigenvalue weighted by Crippen LogP contribution is 2.41. The Hall–Kier alpha value is -1.82. The van der Waals surface area contributed by atoms with E-state index in [1.807, 2.05) is 0 Å². The second kappa shape index (κ2) is 3.59. The first-order valence-corrected chi connectivity index (χ1v) is 5.11. The molecule has 0 bridgehead atoms. The van der Waals surface area contributed by atoms with Crippen LogP contribution in [0.5, 0.6) is 0 Å². The Balaban J connectivity index is 1.92. The summed E-state index contributed by atoms with van der Waals surface area (Å²) in [4.78, 5) is 3.81. The van der Waals surface area contributed by atoms with Gasteiger partial charge in [0.05, 0.1) is 13.2 Å². The van der Waals surface area contributed by atoms with Gasteiger partial charge in [-0.2, -0.15) is 5.10 Å². The molecule has 6 heteroatoms. The Morgan fingerprint density at radius 2 is 2.24 bits per heavy atom. The largest absolute Gasteiger partial charge is 0.362 e. The number of aromatic nitrogens is 3. The number of rotatable bonds is 3. The van der Waals surface area contributed by atoms with E-state index in [4.69, 9.17) is 4.74 Å². The minimum atomic E-state index is -0.731. The monoisotopic (exact) mass is 237 g/mol. The van der Waals surface area contributed by atoms with Crippen molar-refractivity contribution in [1.29, 1.82) is 0 Å². The molecule has 3 rings (SSSR count). The number of hydrogen-bond donors (Lipinski definition) is 0. The van der Waals surface area contributed by atoms with E-state index >= 15 is 0 Å². The molecule has 88 valence electrons. The molecule has 1 aromatic carbocycles. The molecule has 1 atom stereocenters. The molecule has 2 heterocycles. The van der Waals surface area contributed by atoms with Crippen LogP contribution in [0.2, 0.25) is 0 Å². The van der Waals surface area contributed by atoms with Crippen molar-refractivity contribution in [3.05, 3.63) is 48.1 Å². The van der Waals surface area contributed by atoms with E-state index < -0.39 is 17.2 Å². The van der Waals surface area contributed by atoms with E-state index in [1.54, 1.807) is 4.68 Å². The molecule has 0 radical (unpaired) electrons. The fourth-order valence-corrected chi connectivity index (χ4v) is 1.85. The van der Waals surface area contributed by atoms with Crippen molar-refractivity contribution in [2.24, 2.45) is 0 Å².